The molecule has 0 bridgehead atoms. The highest BCUT2D eigenvalue weighted by Crippen LogP contribution is 2.30. The van der Waals surface area contributed by atoms with Crippen LogP contribution in [0.25, 0.3) is 21.9 Å². The van der Waals surface area contributed by atoms with Crippen LogP contribution in [-0.4, -0.2) is 38.7 Å². The van der Waals surface area contributed by atoms with Crippen LogP contribution in [0, 0.1) is 0 Å². The number of anilines is 1. The maximum absolute atomic E-state index is 13.4. The number of hydrogen-bond donors (Lipinski definition) is 2. The van der Waals surface area contributed by atoms with Gasteiger partial charge in [-0.15, -0.1) is 12.6 Å². The molecule has 0 saturated carbocycles. The summed E-state index contributed by atoms with van der Waals surface area (Å²) in [5.41, 5.74) is 11.0. The van der Waals surface area contributed by atoms with Crippen molar-refractivity contribution in [2.45, 2.75) is 30.8 Å². The number of thiol groups is 1. The lowest BCUT2D eigenvalue weighted by Gasteiger charge is -2.15. The van der Waals surface area contributed by atoms with Crippen LogP contribution in [0.3, 0.4) is 0 Å². The highest BCUT2D eigenvalue weighted by Gasteiger charge is 2.21. The number of imidazole rings is 1. The number of alkyl halides is 1. The number of fused-ring (bicyclic) bond motifs is 3. The van der Waals surface area contributed by atoms with E-state index in [0.29, 0.717) is 36.0 Å². The summed E-state index contributed by atoms with van der Waals surface area (Å²) in [5.74, 6) is 0.417. The summed E-state index contributed by atoms with van der Waals surface area (Å²) in [7, 11) is 0. The van der Waals surface area contributed by atoms with Gasteiger partial charge in [0.2, 0.25) is 0 Å². The molecule has 3 heterocycles. The molecule has 1 fully saturated rings. The number of rotatable bonds is 4. The molecule has 2 aromatic heterocycles. The Kier molecular flexibility index (Phi) is 4.64. The minimum absolute atomic E-state index is 0.417. The number of hydrogen-bond acceptors (Lipinski definition) is 5. The van der Waals surface area contributed by atoms with E-state index < -0.39 is 6.17 Å². The maximum atomic E-state index is 13.4. The van der Waals surface area contributed by atoms with Crippen LogP contribution in [0.4, 0.5) is 10.2 Å². The van der Waals surface area contributed by atoms with Crippen molar-refractivity contribution in [3.05, 3.63) is 59.7 Å². The Morgan fingerprint density at radius 1 is 1.03 bits per heavy atom. The van der Waals surface area contributed by atoms with E-state index in [0.717, 1.165) is 35.1 Å². The molecular weight excluding hydrogens is 385 g/mol. The summed E-state index contributed by atoms with van der Waals surface area (Å²) < 4.78 is 15.5. The van der Waals surface area contributed by atoms with E-state index in [2.05, 4.69) is 56.3 Å². The molecule has 0 amide bonds. The second-order valence-electron chi connectivity index (χ2n) is 7.65. The van der Waals surface area contributed by atoms with E-state index in [-0.39, 0.29) is 0 Å². The number of para-hydroxylation sites is 1. The molecule has 5 rings (SSSR count). The van der Waals surface area contributed by atoms with Gasteiger partial charge in [0.05, 0.1) is 17.6 Å². The van der Waals surface area contributed by atoms with Crippen LogP contribution in [0.2, 0.25) is 0 Å². The Bertz CT molecular complexity index is 1190. The first-order chi connectivity index (χ1) is 14.1. The molecule has 0 unspecified atom stereocenters. The molecule has 1 aliphatic rings. The third-order valence-electron chi connectivity index (χ3n) is 5.57. The number of aromatic nitrogens is 3. The Balaban J connectivity index is 1.46. The minimum Gasteiger partial charge on any atom is -0.382 e. The first-order valence-electron chi connectivity index (χ1n) is 9.76. The number of nitrogens with zero attached hydrogens (tertiary/aromatic N) is 4. The molecule has 0 radical (unpaired) electrons. The number of nitrogen functional groups attached to an aromatic ring is 1. The zero-order valence-corrected chi connectivity index (χ0v) is 16.8. The van der Waals surface area contributed by atoms with Gasteiger partial charge in [0.1, 0.15) is 11.7 Å². The summed E-state index contributed by atoms with van der Waals surface area (Å²) in [4.78, 5) is 11.2. The van der Waals surface area contributed by atoms with E-state index >= 15 is 0 Å². The van der Waals surface area contributed by atoms with E-state index in [1.165, 1.54) is 5.56 Å². The van der Waals surface area contributed by atoms with Crippen LogP contribution in [0.1, 0.15) is 17.5 Å². The van der Waals surface area contributed by atoms with Crippen LogP contribution in [-0.2, 0) is 13.1 Å². The summed E-state index contributed by atoms with van der Waals surface area (Å²) in [6, 6.07) is 16.4. The normalized spacial score (nSPS) is 17.5. The molecular formula is C22H22FN5S. The molecule has 2 N–H and O–H groups in total. The molecule has 1 atom stereocenters. The van der Waals surface area contributed by atoms with E-state index in [1.54, 1.807) is 0 Å². The Morgan fingerprint density at radius 3 is 2.48 bits per heavy atom. The first-order valence-corrected chi connectivity index (χ1v) is 10.2. The second-order valence-corrected chi connectivity index (χ2v) is 8.05. The van der Waals surface area contributed by atoms with Gasteiger partial charge in [-0.3, -0.25) is 4.90 Å². The summed E-state index contributed by atoms with van der Waals surface area (Å²) in [6.45, 7) is 2.79. The predicted octanol–water partition coefficient (Wildman–Crippen LogP) is 4.05. The Labute approximate surface area is 173 Å². The summed E-state index contributed by atoms with van der Waals surface area (Å²) in [5, 5.41) is 1.62. The lowest BCUT2D eigenvalue weighted by molar-refractivity contribution is 0.282. The Hall–Kier alpha value is -2.64. The van der Waals surface area contributed by atoms with Crippen molar-refractivity contribution in [3.8, 4) is 0 Å². The number of likely N-dealkylation sites (tertiary alicyclic amines) is 1. The third-order valence-corrected chi connectivity index (χ3v) is 5.92. The molecule has 2 aromatic carbocycles. The van der Waals surface area contributed by atoms with Crippen molar-refractivity contribution in [1.29, 1.82) is 0 Å². The largest absolute Gasteiger partial charge is 0.382 e. The van der Waals surface area contributed by atoms with Crippen molar-refractivity contribution >= 4 is 40.4 Å². The zero-order valence-electron chi connectivity index (χ0n) is 15.9. The van der Waals surface area contributed by atoms with Gasteiger partial charge in [-0.1, -0.05) is 42.5 Å². The monoisotopic (exact) mass is 407 g/mol. The zero-order chi connectivity index (χ0) is 20.0. The molecule has 4 aromatic rings. The highest BCUT2D eigenvalue weighted by molar-refractivity contribution is 7.80. The predicted molar refractivity (Wildman–Crippen MR) is 117 cm³/mol. The maximum Gasteiger partial charge on any atom is 0.166 e. The van der Waals surface area contributed by atoms with Gasteiger partial charge in [0.25, 0.3) is 0 Å². The van der Waals surface area contributed by atoms with Crippen LogP contribution >= 0.6 is 12.6 Å². The lowest BCUT2D eigenvalue weighted by Crippen LogP contribution is -2.20. The fraction of sp³-hybridized carbons (Fsp3) is 0.273. The fourth-order valence-electron chi connectivity index (χ4n) is 4.12. The topological polar surface area (TPSA) is 60.0 Å². The Morgan fingerprint density at radius 2 is 1.76 bits per heavy atom. The minimum atomic E-state index is -0.686. The molecule has 5 nitrogen and oxygen atoms in total. The van der Waals surface area contributed by atoms with Crippen molar-refractivity contribution in [3.63, 3.8) is 0 Å². The molecule has 1 aliphatic heterocycles. The average molecular weight is 408 g/mol. The average Bonchev–Trinajstić information content (AvgIpc) is 3.27. The SMILES string of the molecule is Nc1nc2ccccc2c2c1nc(S)n2Cc1ccc(CN2CC[C@@H](F)C2)cc1. The van der Waals surface area contributed by atoms with Crippen molar-refractivity contribution in [1.82, 2.24) is 19.4 Å². The third kappa shape index (κ3) is 3.45. The van der Waals surface area contributed by atoms with E-state index in [9.17, 15) is 4.39 Å². The van der Waals surface area contributed by atoms with Crippen LogP contribution in [0.5, 0.6) is 0 Å². The molecule has 7 heteroatoms. The number of nitrogens with two attached hydrogens (primary N) is 1. The number of pyridine rings is 1. The van der Waals surface area contributed by atoms with Gasteiger partial charge in [-0.2, -0.15) is 0 Å². The molecule has 0 aliphatic carbocycles. The fourth-order valence-corrected chi connectivity index (χ4v) is 4.39. The van der Waals surface area contributed by atoms with Gasteiger partial charge in [-0.05, 0) is 23.6 Å². The van der Waals surface area contributed by atoms with Gasteiger partial charge in [0.15, 0.2) is 11.0 Å². The quantitative estimate of drug-likeness (QED) is 0.501. The smallest absolute Gasteiger partial charge is 0.166 e. The molecule has 148 valence electrons. The van der Waals surface area contributed by atoms with Gasteiger partial charge >= 0.3 is 0 Å². The van der Waals surface area contributed by atoms with Crippen molar-refractivity contribution in [2.24, 2.45) is 0 Å². The van der Waals surface area contributed by atoms with E-state index in [4.69, 9.17) is 5.73 Å². The molecule has 29 heavy (non-hydrogen) atoms. The van der Waals surface area contributed by atoms with Crippen LogP contribution < -0.4 is 5.73 Å². The van der Waals surface area contributed by atoms with Crippen LogP contribution in [0.15, 0.2) is 53.7 Å². The van der Waals surface area contributed by atoms with E-state index in [1.807, 2.05) is 24.3 Å². The summed E-state index contributed by atoms with van der Waals surface area (Å²) >= 11 is 4.59. The molecule has 1 saturated heterocycles. The number of halogens is 1. The first kappa shape index (κ1) is 18.4. The van der Waals surface area contributed by atoms with Gasteiger partial charge < -0.3 is 10.3 Å². The standard InChI is InChI=1S/C22H22FN5S/c23-16-9-10-27(13-16)11-14-5-7-15(8-6-14)12-28-20-17-3-1-2-4-18(17)25-21(24)19(20)26-22(28)29/h1-8,16H,9-13H2,(H2,24,25)(H,26,29)/t16-/m1/s1. The number of benzene rings is 2. The highest BCUT2D eigenvalue weighted by atomic mass is 32.1. The second kappa shape index (κ2) is 7.31. The van der Waals surface area contributed by atoms with Crippen molar-refractivity contribution in [2.75, 3.05) is 18.8 Å². The summed E-state index contributed by atoms with van der Waals surface area (Å²) in [6.07, 6.45) is -0.0445. The van der Waals surface area contributed by atoms with Gasteiger partial charge in [0, 0.05) is 25.0 Å². The van der Waals surface area contributed by atoms with Gasteiger partial charge in [-0.25, -0.2) is 14.4 Å². The molecule has 0 spiro atoms. The lowest BCUT2D eigenvalue weighted by atomic mass is 10.1. The van der Waals surface area contributed by atoms with Crippen molar-refractivity contribution < 1.29 is 4.39 Å².